The Balaban J connectivity index is 2.06. The standard InChI is InChI=1S/C12H16N2O4S/c15-12(16)11(9-10-5-2-1-3-6-10)13-19(17,18)14-7-4-8-14/h1-3,5-6,11,13H,4,7-9H2,(H,15,16)/t11-/m1/s1. The Morgan fingerprint density at radius 1 is 1.32 bits per heavy atom. The summed E-state index contributed by atoms with van der Waals surface area (Å²) in [6, 6.07) is 7.80. The first-order valence-corrected chi connectivity index (χ1v) is 7.47. The normalized spacial score (nSPS) is 17.7. The second-order valence-electron chi connectivity index (χ2n) is 4.46. The number of carboxylic acid groups (broad SMARTS) is 1. The van der Waals surface area contributed by atoms with E-state index in [1.165, 1.54) is 4.31 Å². The van der Waals surface area contributed by atoms with Crippen molar-refractivity contribution >= 4 is 16.2 Å². The van der Waals surface area contributed by atoms with Crippen molar-refractivity contribution in [3.63, 3.8) is 0 Å². The summed E-state index contributed by atoms with van der Waals surface area (Å²) in [5, 5.41) is 9.12. The Morgan fingerprint density at radius 3 is 2.42 bits per heavy atom. The molecule has 0 aliphatic carbocycles. The maximum absolute atomic E-state index is 11.9. The van der Waals surface area contributed by atoms with Crippen LogP contribution < -0.4 is 4.72 Å². The molecule has 19 heavy (non-hydrogen) atoms. The zero-order valence-corrected chi connectivity index (χ0v) is 11.1. The van der Waals surface area contributed by atoms with Crippen LogP contribution in [0.25, 0.3) is 0 Å². The van der Waals surface area contributed by atoms with Crippen LogP contribution in [0.1, 0.15) is 12.0 Å². The lowest BCUT2D eigenvalue weighted by molar-refractivity contribution is -0.138. The van der Waals surface area contributed by atoms with Gasteiger partial charge in [-0.05, 0) is 18.4 Å². The molecule has 0 aromatic heterocycles. The van der Waals surface area contributed by atoms with E-state index in [1.54, 1.807) is 24.3 Å². The molecule has 1 saturated heterocycles. The van der Waals surface area contributed by atoms with Gasteiger partial charge in [0.1, 0.15) is 6.04 Å². The first-order chi connectivity index (χ1) is 8.99. The smallest absolute Gasteiger partial charge is 0.322 e. The number of hydrogen-bond acceptors (Lipinski definition) is 3. The number of rotatable bonds is 6. The average molecular weight is 284 g/mol. The third-order valence-electron chi connectivity index (χ3n) is 3.03. The fraction of sp³-hybridized carbons (Fsp3) is 0.417. The molecule has 1 aromatic carbocycles. The summed E-state index contributed by atoms with van der Waals surface area (Å²) >= 11 is 0. The largest absolute Gasteiger partial charge is 0.480 e. The maximum Gasteiger partial charge on any atom is 0.322 e. The fourth-order valence-electron chi connectivity index (χ4n) is 1.81. The van der Waals surface area contributed by atoms with E-state index in [-0.39, 0.29) is 6.42 Å². The summed E-state index contributed by atoms with van der Waals surface area (Å²) in [7, 11) is -3.69. The van der Waals surface area contributed by atoms with Gasteiger partial charge in [-0.3, -0.25) is 4.79 Å². The van der Waals surface area contributed by atoms with Crippen LogP contribution in [0.15, 0.2) is 30.3 Å². The van der Waals surface area contributed by atoms with Gasteiger partial charge in [-0.25, -0.2) is 0 Å². The van der Waals surface area contributed by atoms with E-state index < -0.39 is 22.2 Å². The molecule has 0 amide bonds. The van der Waals surface area contributed by atoms with Gasteiger partial charge in [-0.1, -0.05) is 30.3 Å². The second kappa shape index (κ2) is 5.68. The Labute approximate surface area is 112 Å². The molecule has 1 aromatic rings. The zero-order valence-electron chi connectivity index (χ0n) is 10.3. The van der Waals surface area contributed by atoms with Gasteiger partial charge in [-0.15, -0.1) is 0 Å². The summed E-state index contributed by atoms with van der Waals surface area (Å²) in [6.45, 7) is 0.903. The van der Waals surface area contributed by atoms with Gasteiger partial charge in [-0.2, -0.15) is 17.4 Å². The second-order valence-corrected chi connectivity index (χ2v) is 6.16. The molecule has 0 spiro atoms. The number of nitrogens with zero attached hydrogens (tertiary/aromatic N) is 1. The van der Waals surface area contributed by atoms with Gasteiger partial charge in [0, 0.05) is 13.1 Å². The molecule has 6 nitrogen and oxygen atoms in total. The Kier molecular flexibility index (Phi) is 4.18. The minimum absolute atomic E-state index is 0.128. The summed E-state index contributed by atoms with van der Waals surface area (Å²) in [6.07, 6.45) is 0.945. The van der Waals surface area contributed by atoms with E-state index in [1.807, 2.05) is 6.07 Å². The monoisotopic (exact) mass is 284 g/mol. The van der Waals surface area contributed by atoms with Crippen LogP contribution in [-0.4, -0.2) is 42.9 Å². The van der Waals surface area contributed by atoms with E-state index in [4.69, 9.17) is 5.11 Å². The average Bonchev–Trinajstić information content (AvgIpc) is 2.26. The molecule has 1 fully saturated rings. The van der Waals surface area contributed by atoms with E-state index in [2.05, 4.69) is 4.72 Å². The first-order valence-electron chi connectivity index (χ1n) is 6.03. The van der Waals surface area contributed by atoms with Crippen molar-refractivity contribution < 1.29 is 18.3 Å². The molecular weight excluding hydrogens is 268 g/mol. The van der Waals surface area contributed by atoms with Crippen LogP contribution in [0, 0.1) is 0 Å². The number of carboxylic acids is 1. The maximum atomic E-state index is 11.9. The summed E-state index contributed by atoms with van der Waals surface area (Å²) in [4.78, 5) is 11.2. The Morgan fingerprint density at radius 2 is 1.95 bits per heavy atom. The third kappa shape index (κ3) is 3.52. The molecule has 104 valence electrons. The van der Waals surface area contributed by atoms with Crippen LogP contribution in [0.3, 0.4) is 0 Å². The van der Waals surface area contributed by atoms with Crippen LogP contribution in [0.4, 0.5) is 0 Å². The van der Waals surface area contributed by atoms with Crippen LogP contribution in [0.2, 0.25) is 0 Å². The molecule has 0 saturated carbocycles. The predicted molar refractivity (Wildman–Crippen MR) is 69.8 cm³/mol. The number of carbonyl (C=O) groups is 1. The number of nitrogens with one attached hydrogen (secondary N) is 1. The van der Waals surface area contributed by atoms with Crippen molar-refractivity contribution in [2.45, 2.75) is 18.9 Å². The van der Waals surface area contributed by atoms with E-state index >= 15 is 0 Å². The lowest BCUT2D eigenvalue weighted by Gasteiger charge is -2.30. The highest BCUT2D eigenvalue weighted by Crippen LogP contribution is 2.12. The van der Waals surface area contributed by atoms with Crippen LogP contribution in [0.5, 0.6) is 0 Å². The minimum atomic E-state index is -3.69. The topological polar surface area (TPSA) is 86.7 Å². The van der Waals surface area contributed by atoms with Crippen molar-refractivity contribution in [3.8, 4) is 0 Å². The molecule has 1 aliphatic heterocycles. The molecule has 0 bridgehead atoms. The lowest BCUT2D eigenvalue weighted by atomic mass is 10.1. The lowest BCUT2D eigenvalue weighted by Crippen LogP contribution is -2.53. The van der Waals surface area contributed by atoms with Gasteiger partial charge < -0.3 is 5.11 Å². The van der Waals surface area contributed by atoms with Crippen molar-refractivity contribution in [1.82, 2.24) is 9.03 Å². The van der Waals surface area contributed by atoms with Crippen molar-refractivity contribution in [2.24, 2.45) is 0 Å². The van der Waals surface area contributed by atoms with E-state index in [0.717, 1.165) is 12.0 Å². The number of benzene rings is 1. The minimum Gasteiger partial charge on any atom is -0.480 e. The molecule has 1 heterocycles. The van der Waals surface area contributed by atoms with Crippen LogP contribution >= 0.6 is 0 Å². The summed E-state index contributed by atoms with van der Waals surface area (Å²) < 4.78 is 27.2. The molecule has 7 heteroatoms. The SMILES string of the molecule is O=C(O)[C@@H](Cc1ccccc1)NS(=O)(=O)N1CCC1. The quantitative estimate of drug-likeness (QED) is 0.782. The molecule has 0 radical (unpaired) electrons. The molecular formula is C12H16N2O4S. The van der Waals surface area contributed by atoms with Crippen molar-refractivity contribution in [1.29, 1.82) is 0 Å². The Bertz CT molecular complexity index is 540. The van der Waals surface area contributed by atoms with Crippen molar-refractivity contribution in [3.05, 3.63) is 35.9 Å². The predicted octanol–water partition coefficient (Wildman–Crippen LogP) is 0.222. The summed E-state index contributed by atoms with van der Waals surface area (Å²) in [5.74, 6) is -1.17. The first kappa shape index (κ1) is 14.0. The molecule has 0 unspecified atom stereocenters. The highest BCUT2D eigenvalue weighted by molar-refractivity contribution is 7.87. The fourth-order valence-corrected chi connectivity index (χ4v) is 3.24. The van der Waals surface area contributed by atoms with Crippen molar-refractivity contribution in [2.75, 3.05) is 13.1 Å². The van der Waals surface area contributed by atoms with Gasteiger partial charge in [0.05, 0.1) is 0 Å². The molecule has 1 atom stereocenters. The highest BCUT2D eigenvalue weighted by atomic mass is 32.2. The molecule has 2 N–H and O–H groups in total. The Hall–Kier alpha value is -1.44. The van der Waals surface area contributed by atoms with Gasteiger partial charge >= 0.3 is 5.97 Å². The molecule has 2 rings (SSSR count). The third-order valence-corrected chi connectivity index (χ3v) is 4.65. The summed E-state index contributed by atoms with van der Waals surface area (Å²) in [5.41, 5.74) is 0.779. The van der Waals surface area contributed by atoms with Gasteiger partial charge in [0.25, 0.3) is 10.2 Å². The van der Waals surface area contributed by atoms with Gasteiger partial charge in [0.2, 0.25) is 0 Å². The van der Waals surface area contributed by atoms with E-state index in [9.17, 15) is 13.2 Å². The molecule has 1 aliphatic rings. The number of aliphatic carboxylic acids is 1. The number of hydrogen-bond donors (Lipinski definition) is 2. The highest BCUT2D eigenvalue weighted by Gasteiger charge is 2.32. The van der Waals surface area contributed by atoms with E-state index in [0.29, 0.717) is 13.1 Å². The van der Waals surface area contributed by atoms with Gasteiger partial charge in [0.15, 0.2) is 0 Å². The zero-order chi connectivity index (χ0) is 13.9. The van der Waals surface area contributed by atoms with Crippen LogP contribution in [-0.2, 0) is 21.4 Å².